The van der Waals surface area contributed by atoms with Crippen molar-refractivity contribution in [2.75, 3.05) is 7.11 Å². The number of nitrogens with one attached hydrogen (secondary N) is 1. The summed E-state index contributed by atoms with van der Waals surface area (Å²) in [5.74, 6) is 0.234. The van der Waals surface area contributed by atoms with Crippen LogP contribution in [0.3, 0.4) is 0 Å². The molecule has 1 N–H and O–H groups in total. The third-order valence-electron chi connectivity index (χ3n) is 4.46. The highest BCUT2D eigenvalue weighted by atomic mass is 79.9. The number of halogens is 2. The number of benzene rings is 3. The van der Waals surface area contributed by atoms with Crippen LogP contribution in [-0.2, 0) is 17.8 Å². The zero-order valence-electron chi connectivity index (χ0n) is 17.5. The first-order valence-electron chi connectivity index (χ1n) is 9.65. The summed E-state index contributed by atoms with van der Waals surface area (Å²) in [4.78, 5) is 22.3. The van der Waals surface area contributed by atoms with Gasteiger partial charge in [0.05, 0.1) is 29.1 Å². The normalized spacial score (nSPS) is 10.8. The van der Waals surface area contributed by atoms with Crippen LogP contribution in [0, 0.1) is 15.9 Å². The number of ether oxygens (including phenoxy) is 2. The second kappa shape index (κ2) is 11.2. The number of hydrogen-bond donors (Lipinski definition) is 1. The van der Waals surface area contributed by atoms with Gasteiger partial charge in [-0.3, -0.25) is 14.9 Å². The highest BCUT2D eigenvalue weighted by Crippen LogP contribution is 2.36. The molecule has 0 aromatic heterocycles. The summed E-state index contributed by atoms with van der Waals surface area (Å²) in [6.45, 7) is 0.224. The van der Waals surface area contributed by atoms with Crippen molar-refractivity contribution in [3.63, 3.8) is 0 Å². The van der Waals surface area contributed by atoms with Crippen molar-refractivity contribution in [3.05, 3.63) is 97.8 Å². The maximum absolute atomic E-state index is 13.0. The molecule has 0 heterocycles. The molecule has 0 bridgehead atoms. The van der Waals surface area contributed by atoms with Crippen LogP contribution in [0.1, 0.15) is 16.7 Å². The Balaban J connectivity index is 1.60. The number of hydrogen-bond acceptors (Lipinski definition) is 6. The predicted octanol–water partition coefficient (Wildman–Crippen LogP) is 4.78. The summed E-state index contributed by atoms with van der Waals surface area (Å²) in [7, 11) is 1.50. The molecule has 0 fully saturated rings. The Morgan fingerprint density at radius 1 is 1.15 bits per heavy atom. The Morgan fingerprint density at radius 3 is 2.45 bits per heavy atom. The molecule has 0 saturated heterocycles. The van der Waals surface area contributed by atoms with Gasteiger partial charge in [0.25, 0.3) is 5.69 Å². The summed E-state index contributed by atoms with van der Waals surface area (Å²) in [5, 5.41) is 14.6. The second-order valence-electron chi connectivity index (χ2n) is 6.84. The van der Waals surface area contributed by atoms with Crippen LogP contribution >= 0.6 is 15.9 Å². The number of carbonyl (C=O) groups is 1. The molecule has 1 amide bonds. The summed E-state index contributed by atoms with van der Waals surface area (Å²) < 4.78 is 24.9. The minimum atomic E-state index is -0.500. The number of methoxy groups -OCH3 is 1. The largest absolute Gasteiger partial charge is 0.493 e. The van der Waals surface area contributed by atoms with Crippen LogP contribution < -0.4 is 14.9 Å². The molecular weight excluding hydrogens is 497 g/mol. The van der Waals surface area contributed by atoms with Crippen LogP contribution in [0.5, 0.6) is 11.5 Å². The van der Waals surface area contributed by atoms with Crippen LogP contribution in [0.2, 0.25) is 0 Å². The Labute approximate surface area is 197 Å². The Bertz CT molecular complexity index is 1170. The van der Waals surface area contributed by atoms with Gasteiger partial charge in [0.2, 0.25) is 5.91 Å². The van der Waals surface area contributed by atoms with Crippen molar-refractivity contribution in [2.24, 2.45) is 5.10 Å². The third kappa shape index (κ3) is 6.84. The average molecular weight is 516 g/mol. The number of amides is 1. The standard InChI is InChI=1S/C23H19BrFN3O5/c1-32-21-11-17(10-20(24)23(21)33-14-16-2-6-18(25)7-3-16)13-26-27-22(29)12-15-4-8-19(9-5-15)28(30)31/h2-11,13H,12,14H2,1H3,(H,27,29). The number of rotatable bonds is 9. The van der Waals surface area contributed by atoms with Gasteiger partial charge in [0.15, 0.2) is 11.5 Å². The van der Waals surface area contributed by atoms with Crippen LogP contribution in [0.15, 0.2) is 70.2 Å². The van der Waals surface area contributed by atoms with E-state index in [2.05, 4.69) is 26.5 Å². The molecule has 0 aliphatic heterocycles. The van der Waals surface area contributed by atoms with Crippen LogP contribution in [0.25, 0.3) is 0 Å². The topological polar surface area (TPSA) is 103 Å². The van der Waals surface area contributed by atoms with Crippen molar-refractivity contribution < 1.29 is 23.6 Å². The fraction of sp³-hybridized carbons (Fsp3) is 0.130. The van der Waals surface area contributed by atoms with E-state index in [4.69, 9.17) is 9.47 Å². The number of hydrazone groups is 1. The van der Waals surface area contributed by atoms with E-state index >= 15 is 0 Å². The van der Waals surface area contributed by atoms with Gasteiger partial charge < -0.3 is 9.47 Å². The molecule has 3 aromatic rings. The lowest BCUT2D eigenvalue weighted by atomic mass is 10.1. The van der Waals surface area contributed by atoms with E-state index in [-0.39, 0.29) is 30.4 Å². The third-order valence-corrected chi connectivity index (χ3v) is 5.05. The van der Waals surface area contributed by atoms with E-state index in [1.807, 2.05) is 0 Å². The predicted molar refractivity (Wildman–Crippen MR) is 124 cm³/mol. The van der Waals surface area contributed by atoms with E-state index in [0.717, 1.165) is 5.56 Å². The van der Waals surface area contributed by atoms with Gasteiger partial charge in [-0.05, 0) is 56.9 Å². The number of non-ortho nitro benzene ring substituents is 1. The zero-order valence-corrected chi connectivity index (χ0v) is 19.0. The van der Waals surface area contributed by atoms with Gasteiger partial charge in [-0.1, -0.05) is 24.3 Å². The summed E-state index contributed by atoms with van der Waals surface area (Å²) in [5.41, 5.74) is 4.44. The van der Waals surface area contributed by atoms with E-state index < -0.39 is 4.92 Å². The zero-order chi connectivity index (χ0) is 23.8. The van der Waals surface area contributed by atoms with E-state index in [1.54, 1.807) is 24.3 Å². The lowest BCUT2D eigenvalue weighted by Gasteiger charge is -2.13. The monoisotopic (exact) mass is 515 g/mol. The Kier molecular flexibility index (Phi) is 8.09. The molecule has 170 valence electrons. The molecule has 3 aromatic carbocycles. The molecule has 10 heteroatoms. The highest BCUT2D eigenvalue weighted by molar-refractivity contribution is 9.10. The first kappa shape index (κ1) is 23.9. The lowest BCUT2D eigenvalue weighted by Crippen LogP contribution is -2.19. The van der Waals surface area contributed by atoms with Gasteiger partial charge in [0, 0.05) is 12.1 Å². The molecule has 0 aliphatic rings. The average Bonchev–Trinajstić information content (AvgIpc) is 2.79. The van der Waals surface area contributed by atoms with Gasteiger partial charge in [-0.15, -0.1) is 0 Å². The first-order chi connectivity index (χ1) is 15.9. The van der Waals surface area contributed by atoms with Gasteiger partial charge in [0.1, 0.15) is 12.4 Å². The van der Waals surface area contributed by atoms with Crippen molar-refractivity contribution >= 4 is 33.7 Å². The SMILES string of the molecule is COc1cc(C=NNC(=O)Cc2ccc([N+](=O)[O-])cc2)cc(Br)c1OCc1ccc(F)cc1. The van der Waals surface area contributed by atoms with E-state index in [9.17, 15) is 19.3 Å². The van der Waals surface area contributed by atoms with Gasteiger partial charge in [-0.25, -0.2) is 9.82 Å². The van der Waals surface area contributed by atoms with Gasteiger partial charge >= 0.3 is 0 Å². The molecule has 0 unspecified atom stereocenters. The Morgan fingerprint density at radius 2 is 1.82 bits per heavy atom. The number of nitrogens with zero attached hydrogens (tertiary/aromatic N) is 2. The molecule has 0 atom stereocenters. The first-order valence-corrected chi connectivity index (χ1v) is 10.4. The minimum Gasteiger partial charge on any atom is -0.493 e. The molecule has 0 spiro atoms. The summed E-state index contributed by atoms with van der Waals surface area (Å²) >= 11 is 3.44. The highest BCUT2D eigenvalue weighted by Gasteiger charge is 2.12. The molecule has 8 nitrogen and oxygen atoms in total. The van der Waals surface area contributed by atoms with Crippen molar-refractivity contribution in [1.82, 2.24) is 5.43 Å². The number of nitro groups is 1. The van der Waals surface area contributed by atoms with Crippen LogP contribution in [0.4, 0.5) is 10.1 Å². The molecule has 0 saturated carbocycles. The quantitative estimate of drug-likeness (QED) is 0.251. The van der Waals surface area contributed by atoms with E-state index in [1.165, 1.54) is 49.7 Å². The maximum atomic E-state index is 13.0. The van der Waals surface area contributed by atoms with Crippen molar-refractivity contribution in [2.45, 2.75) is 13.0 Å². The molecule has 3 rings (SSSR count). The maximum Gasteiger partial charge on any atom is 0.269 e. The number of nitro benzene ring substituents is 1. The van der Waals surface area contributed by atoms with E-state index in [0.29, 0.717) is 27.1 Å². The Hall–Kier alpha value is -3.79. The fourth-order valence-electron chi connectivity index (χ4n) is 2.83. The molecule has 0 radical (unpaired) electrons. The lowest BCUT2D eigenvalue weighted by molar-refractivity contribution is -0.384. The molecular formula is C23H19BrFN3O5. The van der Waals surface area contributed by atoms with Crippen molar-refractivity contribution in [3.8, 4) is 11.5 Å². The van der Waals surface area contributed by atoms with Gasteiger partial charge in [-0.2, -0.15) is 5.10 Å². The molecule has 33 heavy (non-hydrogen) atoms. The second-order valence-corrected chi connectivity index (χ2v) is 7.70. The van der Waals surface area contributed by atoms with Crippen molar-refractivity contribution in [1.29, 1.82) is 0 Å². The number of carbonyl (C=O) groups excluding carboxylic acids is 1. The van der Waals surface area contributed by atoms with Crippen LogP contribution in [-0.4, -0.2) is 24.2 Å². The summed E-state index contributed by atoms with van der Waals surface area (Å²) in [6, 6.07) is 15.2. The minimum absolute atomic E-state index is 0.0263. The molecule has 0 aliphatic carbocycles. The summed E-state index contributed by atoms with van der Waals surface area (Å²) in [6.07, 6.45) is 1.48. The smallest absolute Gasteiger partial charge is 0.269 e. The fourth-order valence-corrected chi connectivity index (χ4v) is 3.40.